The SMILES string of the molecule is CCOC(=O)c1ccc(NC(=S)NCCCn2nc(C)c(Cl)c2Cl)cc1. The van der Waals surface area contributed by atoms with Crippen molar-refractivity contribution in [2.75, 3.05) is 18.5 Å². The Bertz CT molecular complexity index is 778. The predicted molar refractivity (Wildman–Crippen MR) is 108 cm³/mol. The first-order chi connectivity index (χ1) is 12.4. The summed E-state index contributed by atoms with van der Waals surface area (Å²) >= 11 is 17.4. The van der Waals surface area contributed by atoms with Gasteiger partial charge in [0, 0.05) is 18.8 Å². The minimum absolute atomic E-state index is 0.340. The van der Waals surface area contributed by atoms with Crippen molar-refractivity contribution in [3.63, 3.8) is 0 Å². The molecule has 0 saturated heterocycles. The molecule has 0 spiro atoms. The highest BCUT2D eigenvalue weighted by molar-refractivity contribution is 7.80. The van der Waals surface area contributed by atoms with Gasteiger partial charge in [0.25, 0.3) is 0 Å². The van der Waals surface area contributed by atoms with Crippen LogP contribution in [0.1, 0.15) is 29.4 Å². The van der Waals surface area contributed by atoms with E-state index in [1.807, 2.05) is 6.92 Å². The van der Waals surface area contributed by atoms with E-state index in [4.69, 9.17) is 40.2 Å². The Morgan fingerprint density at radius 3 is 2.58 bits per heavy atom. The molecule has 26 heavy (non-hydrogen) atoms. The second kappa shape index (κ2) is 9.75. The lowest BCUT2D eigenvalue weighted by Gasteiger charge is -2.11. The molecular formula is C17H20Cl2N4O2S. The first kappa shape index (κ1) is 20.5. The molecule has 0 radical (unpaired) electrons. The van der Waals surface area contributed by atoms with Gasteiger partial charge in [-0.05, 0) is 56.8 Å². The molecule has 0 aliphatic rings. The third-order valence-electron chi connectivity index (χ3n) is 3.48. The number of carbonyl (C=O) groups is 1. The average molecular weight is 415 g/mol. The van der Waals surface area contributed by atoms with Crippen LogP contribution < -0.4 is 10.6 Å². The monoisotopic (exact) mass is 414 g/mol. The van der Waals surface area contributed by atoms with Crippen molar-refractivity contribution < 1.29 is 9.53 Å². The number of aryl methyl sites for hydroxylation is 2. The Morgan fingerprint density at radius 1 is 1.31 bits per heavy atom. The molecule has 6 nitrogen and oxygen atoms in total. The zero-order valence-electron chi connectivity index (χ0n) is 14.5. The smallest absolute Gasteiger partial charge is 0.338 e. The standard InChI is InChI=1S/C17H20Cl2N4O2S/c1-3-25-16(24)12-5-7-13(8-6-12)21-17(26)20-9-4-10-23-15(19)14(18)11(2)22-23/h5-8H,3-4,9-10H2,1-2H3,(H2,20,21,26). The number of hydrogen-bond acceptors (Lipinski definition) is 4. The van der Waals surface area contributed by atoms with Crippen LogP contribution >= 0.6 is 35.4 Å². The topological polar surface area (TPSA) is 68.2 Å². The zero-order chi connectivity index (χ0) is 19.1. The van der Waals surface area contributed by atoms with Gasteiger partial charge in [-0.15, -0.1) is 0 Å². The van der Waals surface area contributed by atoms with Crippen molar-refractivity contribution in [1.82, 2.24) is 15.1 Å². The van der Waals surface area contributed by atoms with Crippen molar-refractivity contribution >= 4 is 52.2 Å². The average Bonchev–Trinajstić information content (AvgIpc) is 2.86. The summed E-state index contributed by atoms with van der Waals surface area (Å²) in [6.45, 7) is 5.22. The van der Waals surface area contributed by atoms with Crippen LogP contribution in [0.4, 0.5) is 5.69 Å². The number of nitrogens with one attached hydrogen (secondary N) is 2. The van der Waals surface area contributed by atoms with Crippen LogP contribution in [0.2, 0.25) is 10.2 Å². The van der Waals surface area contributed by atoms with Crippen LogP contribution in [-0.2, 0) is 11.3 Å². The van der Waals surface area contributed by atoms with Gasteiger partial charge in [-0.25, -0.2) is 4.79 Å². The number of carbonyl (C=O) groups excluding carboxylic acids is 1. The van der Waals surface area contributed by atoms with Gasteiger partial charge in [-0.2, -0.15) is 5.10 Å². The van der Waals surface area contributed by atoms with Crippen LogP contribution in [0.3, 0.4) is 0 Å². The van der Waals surface area contributed by atoms with Crippen LogP contribution in [-0.4, -0.2) is 34.0 Å². The van der Waals surface area contributed by atoms with Gasteiger partial charge >= 0.3 is 5.97 Å². The molecule has 140 valence electrons. The van der Waals surface area contributed by atoms with Crippen molar-refractivity contribution in [1.29, 1.82) is 0 Å². The minimum Gasteiger partial charge on any atom is -0.462 e. The fraction of sp³-hybridized carbons (Fsp3) is 0.353. The summed E-state index contributed by atoms with van der Waals surface area (Å²) in [7, 11) is 0. The van der Waals surface area contributed by atoms with Crippen molar-refractivity contribution in [2.24, 2.45) is 0 Å². The molecule has 0 amide bonds. The number of benzene rings is 1. The number of anilines is 1. The Kier molecular flexibility index (Phi) is 7.68. The fourth-order valence-electron chi connectivity index (χ4n) is 2.19. The van der Waals surface area contributed by atoms with Crippen molar-refractivity contribution in [3.8, 4) is 0 Å². The van der Waals surface area contributed by atoms with E-state index in [-0.39, 0.29) is 5.97 Å². The molecular weight excluding hydrogens is 395 g/mol. The van der Waals surface area contributed by atoms with Gasteiger partial charge in [-0.1, -0.05) is 23.2 Å². The van der Waals surface area contributed by atoms with Gasteiger partial charge in [-0.3, -0.25) is 4.68 Å². The molecule has 0 saturated carbocycles. The molecule has 1 aromatic heterocycles. The molecule has 2 aromatic rings. The first-order valence-electron chi connectivity index (χ1n) is 8.12. The molecule has 2 N–H and O–H groups in total. The number of esters is 1. The van der Waals surface area contributed by atoms with E-state index in [9.17, 15) is 4.79 Å². The molecule has 2 rings (SSSR count). The third kappa shape index (κ3) is 5.59. The predicted octanol–water partition coefficient (Wildman–Crippen LogP) is 4.05. The molecule has 0 fully saturated rings. The second-order valence-corrected chi connectivity index (χ2v) is 6.59. The highest BCUT2D eigenvalue weighted by Crippen LogP contribution is 2.24. The van der Waals surface area contributed by atoms with Gasteiger partial charge < -0.3 is 15.4 Å². The molecule has 1 heterocycles. The summed E-state index contributed by atoms with van der Waals surface area (Å²) < 4.78 is 6.62. The van der Waals surface area contributed by atoms with E-state index in [0.717, 1.165) is 12.1 Å². The number of nitrogens with zero attached hydrogens (tertiary/aromatic N) is 2. The van der Waals surface area contributed by atoms with Crippen LogP contribution in [0.5, 0.6) is 0 Å². The minimum atomic E-state index is -0.340. The number of aromatic nitrogens is 2. The fourth-order valence-corrected chi connectivity index (χ4v) is 2.80. The van der Waals surface area contributed by atoms with E-state index < -0.39 is 0 Å². The number of ether oxygens (including phenoxy) is 1. The highest BCUT2D eigenvalue weighted by atomic mass is 35.5. The zero-order valence-corrected chi connectivity index (χ0v) is 16.8. The Balaban J connectivity index is 1.75. The Labute approximate surface area is 167 Å². The van der Waals surface area contributed by atoms with Gasteiger partial charge in [0.15, 0.2) is 5.11 Å². The van der Waals surface area contributed by atoms with Gasteiger partial charge in [0.1, 0.15) is 10.2 Å². The molecule has 0 aliphatic carbocycles. The molecule has 9 heteroatoms. The number of hydrogen-bond donors (Lipinski definition) is 2. The van der Waals surface area contributed by atoms with Crippen LogP contribution in [0.25, 0.3) is 0 Å². The highest BCUT2D eigenvalue weighted by Gasteiger charge is 2.10. The third-order valence-corrected chi connectivity index (χ3v) is 4.66. The first-order valence-corrected chi connectivity index (χ1v) is 9.29. The molecule has 0 atom stereocenters. The maximum Gasteiger partial charge on any atom is 0.338 e. The van der Waals surface area contributed by atoms with Crippen LogP contribution in [0, 0.1) is 6.92 Å². The lowest BCUT2D eigenvalue weighted by Crippen LogP contribution is -2.29. The summed E-state index contributed by atoms with van der Waals surface area (Å²) in [5.41, 5.74) is 2.00. The van der Waals surface area contributed by atoms with E-state index in [0.29, 0.717) is 46.2 Å². The molecule has 0 aliphatic heterocycles. The second-order valence-electron chi connectivity index (χ2n) is 5.45. The summed E-state index contributed by atoms with van der Waals surface area (Å²) in [6, 6.07) is 6.92. The lowest BCUT2D eigenvalue weighted by atomic mass is 10.2. The maximum absolute atomic E-state index is 11.6. The van der Waals surface area contributed by atoms with Gasteiger partial charge in [0.2, 0.25) is 0 Å². The van der Waals surface area contributed by atoms with Crippen molar-refractivity contribution in [2.45, 2.75) is 26.8 Å². The van der Waals surface area contributed by atoms with E-state index >= 15 is 0 Å². The number of thiocarbonyl (C=S) groups is 1. The normalized spacial score (nSPS) is 10.5. The summed E-state index contributed by atoms with van der Waals surface area (Å²) in [6.07, 6.45) is 0.779. The van der Waals surface area contributed by atoms with E-state index in [2.05, 4.69) is 15.7 Å². The molecule has 1 aromatic carbocycles. The molecule has 0 bridgehead atoms. The number of halogens is 2. The molecule has 0 unspecified atom stereocenters. The lowest BCUT2D eigenvalue weighted by molar-refractivity contribution is 0.0526. The van der Waals surface area contributed by atoms with Gasteiger partial charge in [0.05, 0.1) is 17.9 Å². The van der Waals surface area contributed by atoms with E-state index in [1.165, 1.54) is 0 Å². The largest absolute Gasteiger partial charge is 0.462 e. The summed E-state index contributed by atoms with van der Waals surface area (Å²) in [5, 5.41) is 11.9. The number of rotatable bonds is 7. The quantitative estimate of drug-likeness (QED) is 0.404. The summed E-state index contributed by atoms with van der Waals surface area (Å²) in [4.78, 5) is 11.6. The van der Waals surface area contributed by atoms with Crippen molar-refractivity contribution in [3.05, 3.63) is 45.7 Å². The van der Waals surface area contributed by atoms with Crippen LogP contribution in [0.15, 0.2) is 24.3 Å². The Morgan fingerprint density at radius 2 is 2.00 bits per heavy atom. The van der Waals surface area contributed by atoms with E-state index in [1.54, 1.807) is 35.9 Å². The maximum atomic E-state index is 11.6. The summed E-state index contributed by atoms with van der Waals surface area (Å²) in [5.74, 6) is -0.340. The Hall–Kier alpha value is -1.83.